The van der Waals surface area contributed by atoms with Crippen LogP contribution in [0.15, 0.2) is 16.8 Å². The molecule has 0 fully saturated rings. The number of nitrogens with two attached hydrogens (primary N) is 1. The summed E-state index contributed by atoms with van der Waals surface area (Å²) in [6, 6.07) is 0. The van der Waals surface area contributed by atoms with Crippen LogP contribution in [0.25, 0.3) is 0 Å². The van der Waals surface area contributed by atoms with Gasteiger partial charge in [-0.25, -0.2) is 0 Å². The van der Waals surface area contributed by atoms with Crippen molar-refractivity contribution in [2.75, 3.05) is 0 Å². The van der Waals surface area contributed by atoms with E-state index in [1.54, 1.807) is 0 Å². The lowest BCUT2D eigenvalue weighted by Crippen LogP contribution is -2.26. The maximum absolute atomic E-state index is 5.32. The summed E-state index contributed by atoms with van der Waals surface area (Å²) >= 11 is 4.70. The SMILES string of the molecule is C/C(=N/NC(N)=S)C1=CC(C)(C)CCC1. The molecule has 0 aromatic heterocycles. The average molecular weight is 225 g/mol. The first-order valence-corrected chi connectivity index (χ1v) is 5.63. The standard InChI is InChI=1S/C11H19N3S/c1-8(13-14-10(12)15)9-5-4-6-11(2,3)7-9/h7H,4-6H2,1-3H3,(H3,12,14,15)/b13-8-. The lowest BCUT2D eigenvalue weighted by molar-refractivity contribution is 0.401. The molecule has 0 saturated carbocycles. The second-order valence-corrected chi connectivity index (χ2v) is 5.12. The Hall–Kier alpha value is -0.900. The summed E-state index contributed by atoms with van der Waals surface area (Å²) in [4.78, 5) is 0. The maximum Gasteiger partial charge on any atom is 0.184 e. The molecular formula is C11H19N3S. The lowest BCUT2D eigenvalue weighted by atomic mass is 9.79. The van der Waals surface area contributed by atoms with Gasteiger partial charge in [0, 0.05) is 0 Å². The first-order chi connectivity index (χ1) is 6.91. The van der Waals surface area contributed by atoms with E-state index >= 15 is 0 Å². The van der Waals surface area contributed by atoms with E-state index < -0.39 is 0 Å². The predicted molar refractivity (Wildman–Crippen MR) is 68.7 cm³/mol. The van der Waals surface area contributed by atoms with Crippen molar-refractivity contribution in [2.24, 2.45) is 16.3 Å². The summed E-state index contributed by atoms with van der Waals surface area (Å²) < 4.78 is 0. The van der Waals surface area contributed by atoms with E-state index in [1.165, 1.54) is 18.4 Å². The number of thiocarbonyl (C=S) groups is 1. The van der Waals surface area contributed by atoms with Crippen LogP contribution < -0.4 is 11.2 Å². The highest BCUT2D eigenvalue weighted by Gasteiger charge is 2.21. The summed E-state index contributed by atoms with van der Waals surface area (Å²) in [5.41, 5.74) is 10.5. The first-order valence-electron chi connectivity index (χ1n) is 5.22. The second-order valence-electron chi connectivity index (χ2n) is 4.68. The van der Waals surface area contributed by atoms with Crippen molar-refractivity contribution in [2.45, 2.75) is 40.0 Å². The van der Waals surface area contributed by atoms with Crippen molar-refractivity contribution in [3.05, 3.63) is 11.6 Å². The normalized spacial score (nSPS) is 20.7. The molecule has 0 aliphatic heterocycles. The molecule has 1 aliphatic rings. The monoisotopic (exact) mass is 225 g/mol. The molecular weight excluding hydrogens is 206 g/mol. The molecule has 0 bridgehead atoms. The molecule has 3 N–H and O–H groups in total. The summed E-state index contributed by atoms with van der Waals surface area (Å²) in [5.74, 6) is 0. The molecule has 4 heteroatoms. The zero-order chi connectivity index (χ0) is 11.5. The van der Waals surface area contributed by atoms with Gasteiger partial charge in [-0.2, -0.15) is 5.10 Å². The van der Waals surface area contributed by atoms with Gasteiger partial charge in [0.05, 0.1) is 5.71 Å². The minimum absolute atomic E-state index is 0.213. The predicted octanol–water partition coefficient (Wildman–Crippen LogP) is 2.33. The molecule has 0 spiro atoms. The van der Waals surface area contributed by atoms with E-state index in [4.69, 9.17) is 18.0 Å². The molecule has 0 aromatic carbocycles. The Morgan fingerprint density at radius 3 is 2.80 bits per heavy atom. The number of allylic oxidation sites excluding steroid dienone is 2. The van der Waals surface area contributed by atoms with Crippen LogP contribution in [0.1, 0.15) is 40.0 Å². The highest BCUT2D eigenvalue weighted by Crippen LogP contribution is 2.33. The van der Waals surface area contributed by atoms with E-state index in [9.17, 15) is 0 Å². The van der Waals surface area contributed by atoms with E-state index in [0.29, 0.717) is 0 Å². The Balaban J connectivity index is 2.75. The number of nitrogens with zero attached hydrogens (tertiary/aromatic N) is 1. The Morgan fingerprint density at radius 2 is 2.27 bits per heavy atom. The lowest BCUT2D eigenvalue weighted by Gasteiger charge is -2.27. The Kier molecular flexibility index (Phi) is 3.85. The third kappa shape index (κ3) is 4.00. The Morgan fingerprint density at radius 1 is 1.60 bits per heavy atom. The fourth-order valence-corrected chi connectivity index (χ4v) is 1.89. The molecule has 3 nitrogen and oxygen atoms in total. The molecule has 0 radical (unpaired) electrons. The number of hydrazone groups is 1. The number of hydrogen-bond donors (Lipinski definition) is 2. The molecule has 0 heterocycles. The molecule has 1 rings (SSSR count). The van der Waals surface area contributed by atoms with Crippen LogP contribution >= 0.6 is 12.2 Å². The van der Waals surface area contributed by atoms with Crippen LogP contribution in [-0.2, 0) is 0 Å². The number of hydrogen-bond acceptors (Lipinski definition) is 2. The van der Waals surface area contributed by atoms with Gasteiger partial charge < -0.3 is 5.73 Å². The highest BCUT2D eigenvalue weighted by atomic mass is 32.1. The van der Waals surface area contributed by atoms with Crippen molar-refractivity contribution >= 4 is 23.0 Å². The fourth-order valence-electron chi connectivity index (χ4n) is 1.85. The van der Waals surface area contributed by atoms with Gasteiger partial charge in [-0.15, -0.1) is 0 Å². The van der Waals surface area contributed by atoms with Gasteiger partial charge >= 0.3 is 0 Å². The van der Waals surface area contributed by atoms with Crippen molar-refractivity contribution in [1.82, 2.24) is 5.43 Å². The highest BCUT2D eigenvalue weighted by molar-refractivity contribution is 7.80. The quantitative estimate of drug-likeness (QED) is 0.431. The van der Waals surface area contributed by atoms with Crippen LogP contribution in [0, 0.1) is 5.41 Å². The zero-order valence-corrected chi connectivity index (χ0v) is 10.4. The van der Waals surface area contributed by atoms with Gasteiger partial charge in [0.15, 0.2) is 5.11 Å². The minimum Gasteiger partial charge on any atom is -0.375 e. The largest absolute Gasteiger partial charge is 0.375 e. The molecule has 84 valence electrons. The van der Waals surface area contributed by atoms with Gasteiger partial charge in [-0.3, -0.25) is 5.43 Å². The Labute approximate surface area is 96.8 Å². The minimum atomic E-state index is 0.213. The van der Waals surface area contributed by atoms with Crippen LogP contribution in [0.4, 0.5) is 0 Å². The van der Waals surface area contributed by atoms with Crippen molar-refractivity contribution in [1.29, 1.82) is 0 Å². The van der Waals surface area contributed by atoms with Crippen LogP contribution in [0.3, 0.4) is 0 Å². The summed E-state index contributed by atoms with van der Waals surface area (Å²) in [7, 11) is 0. The van der Waals surface area contributed by atoms with Crippen LogP contribution in [-0.4, -0.2) is 10.8 Å². The molecule has 0 unspecified atom stereocenters. The van der Waals surface area contributed by atoms with Gasteiger partial charge in [-0.05, 0) is 49.4 Å². The molecule has 0 aromatic rings. The molecule has 0 amide bonds. The van der Waals surface area contributed by atoms with E-state index in [2.05, 4.69) is 30.5 Å². The summed E-state index contributed by atoms with van der Waals surface area (Å²) in [6.45, 7) is 6.49. The second kappa shape index (κ2) is 4.75. The first kappa shape index (κ1) is 12.2. The van der Waals surface area contributed by atoms with Crippen LogP contribution in [0.5, 0.6) is 0 Å². The van der Waals surface area contributed by atoms with Crippen molar-refractivity contribution in [3.63, 3.8) is 0 Å². The summed E-state index contributed by atoms with van der Waals surface area (Å²) in [5, 5.41) is 4.36. The average Bonchev–Trinajstić information content (AvgIpc) is 2.12. The summed E-state index contributed by atoms with van der Waals surface area (Å²) in [6.07, 6.45) is 5.86. The topological polar surface area (TPSA) is 50.4 Å². The van der Waals surface area contributed by atoms with E-state index in [0.717, 1.165) is 12.1 Å². The van der Waals surface area contributed by atoms with Gasteiger partial charge in [-0.1, -0.05) is 19.9 Å². The van der Waals surface area contributed by atoms with Gasteiger partial charge in [0.2, 0.25) is 0 Å². The third-order valence-electron chi connectivity index (χ3n) is 2.63. The van der Waals surface area contributed by atoms with Gasteiger partial charge in [0.25, 0.3) is 0 Å². The smallest absolute Gasteiger partial charge is 0.184 e. The molecule has 0 saturated heterocycles. The zero-order valence-electron chi connectivity index (χ0n) is 9.63. The van der Waals surface area contributed by atoms with Crippen molar-refractivity contribution in [3.8, 4) is 0 Å². The fraction of sp³-hybridized carbons (Fsp3) is 0.636. The number of nitrogens with one attached hydrogen (secondary N) is 1. The molecule has 1 aliphatic carbocycles. The van der Waals surface area contributed by atoms with E-state index in [-0.39, 0.29) is 10.5 Å². The van der Waals surface area contributed by atoms with Gasteiger partial charge in [0.1, 0.15) is 0 Å². The molecule has 0 atom stereocenters. The van der Waals surface area contributed by atoms with E-state index in [1.807, 2.05) is 6.92 Å². The van der Waals surface area contributed by atoms with Crippen LogP contribution in [0.2, 0.25) is 0 Å². The molecule has 15 heavy (non-hydrogen) atoms. The number of rotatable bonds is 2. The van der Waals surface area contributed by atoms with Crippen molar-refractivity contribution < 1.29 is 0 Å². The maximum atomic E-state index is 5.32. The third-order valence-corrected chi connectivity index (χ3v) is 2.72. The Bertz CT molecular complexity index is 316.